The molecule has 8 nitrogen and oxygen atoms in total. The molecule has 0 unspecified atom stereocenters. The number of nitrogens with one attached hydrogen (secondary N) is 1. The molecule has 41 heavy (non-hydrogen) atoms. The van der Waals surface area contributed by atoms with Crippen molar-refractivity contribution in [2.24, 2.45) is 0 Å². The van der Waals surface area contributed by atoms with Gasteiger partial charge in [-0.15, -0.1) is 0 Å². The number of carbonyl (C=O) groups is 1. The number of amides is 1. The zero-order chi connectivity index (χ0) is 28.5. The molecule has 1 N–H and O–H groups in total. The van der Waals surface area contributed by atoms with E-state index in [4.69, 9.17) is 9.72 Å². The van der Waals surface area contributed by atoms with Crippen molar-refractivity contribution in [2.45, 2.75) is 32.6 Å². The maximum atomic E-state index is 15.5. The number of pyridine rings is 3. The molecule has 10 heteroatoms. The summed E-state index contributed by atoms with van der Waals surface area (Å²) in [5, 5.41) is 3.77. The molecule has 0 spiro atoms. The number of aromatic nitrogens is 3. The van der Waals surface area contributed by atoms with Crippen molar-refractivity contribution < 1.29 is 18.3 Å². The summed E-state index contributed by atoms with van der Waals surface area (Å²) in [6.07, 6.45) is 5.15. The Morgan fingerprint density at radius 2 is 1.83 bits per heavy atom. The first-order chi connectivity index (χ1) is 19.9. The number of ether oxygens (including phenoxy) is 1. The number of hydrogen-bond donors (Lipinski definition) is 1. The Balaban J connectivity index is 1.49. The number of fused-ring (bicyclic) bond motifs is 1. The van der Waals surface area contributed by atoms with Gasteiger partial charge in [0, 0.05) is 74.9 Å². The van der Waals surface area contributed by atoms with Crippen LogP contribution in [-0.2, 0) is 9.53 Å². The average molecular weight is 559 g/mol. The van der Waals surface area contributed by atoms with Gasteiger partial charge < -0.3 is 19.9 Å². The third kappa shape index (κ3) is 5.44. The van der Waals surface area contributed by atoms with E-state index in [0.29, 0.717) is 48.9 Å². The largest absolute Gasteiger partial charge is 0.378 e. The highest BCUT2D eigenvalue weighted by molar-refractivity contribution is 5.98. The number of rotatable bonds is 5. The Kier molecular flexibility index (Phi) is 7.49. The van der Waals surface area contributed by atoms with Gasteiger partial charge in [-0.1, -0.05) is 6.07 Å². The molecule has 1 aromatic carbocycles. The van der Waals surface area contributed by atoms with Crippen LogP contribution in [-0.4, -0.2) is 65.2 Å². The number of morpholine rings is 1. The molecule has 0 aliphatic carbocycles. The fourth-order valence-corrected chi connectivity index (χ4v) is 5.81. The summed E-state index contributed by atoms with van der Waals surface area (Å²) in [7, 11) is 0. The number of carbonyl (C=O) groups excluding carboxylic acids is 1. The minimum atomic E-state index is -0.694. The molecule has 2 fully saturated rings. The minimum absolute atomic E-state index is 0.0752. The van der Waals surface area contributed by atoms with E-state index < -0.39 is 11.6 Å². The van der Waals surface area contributed by atoms with Gasteiger partial charge in [0.05, 0.1) is 41.2 Å². The summed E-state index contributed by atoms with van der Waals surface area (Å²) in [5.41, 5.74) is 4.36. The number of likely N-dealkylation sites (tertiary alicyclic amines) is 1. The smallest absolute Gasteiger partial charge is 0.219 e. The topological polar surface area (TPSA) is 83.5 Å². The summed E-state index contributed by atoms with van der Waals surface area (Å²) in [6, 6.07) is 9.64. The van der Waals surface area contributed by atoms with Gasteiger partial charge in [0.2, 0.25) is 5.91 Å². The van der Waals surface area contributed by atoms with Crippen molar-refractivity contribution in [2.75, 3.05) is 49.6 Å². The number of anilines is 3. The molecule has 2 saturated heterocycles. The lowest BCUT2D eigenvalue weighted by molar-refractivity contribution is -0.129. The average Bonchev–Trinajstić information content (AvgIpc) is 2.99. The molecule has 2 aliphatic rings. The summed E-state index contributed by atoms with van der Waals surface area (Å²) >= 11 is 0. The number of hydrogen-bond acceptors (Lipinski definition) is 7. The van der Waals surface area contributed by atoms with Gasteiger partial charge in [0.15, 0.2) is 0 Å². The van der Waals surface area contributed by atoms with Gasteiger partial charge in [-0.25, -0.2) is 18.7 Å². The second-order valence-corrected chi connectivity index (χ2v) is 10.6. The lowest BCUT2D eigenvalue weighted by atomic mass is 9.89. The number of benzene rings is 1. The van der Waals surface area contributed by atoms with Crippen molar-refractivity contribution in [1.82, 2.24) is 19.9 Å². The molecule has 5 heterocycles. The summed E-state index contributed by atoms with van der Waals surface area (Å²) in [6.45, 7) is 7.48. The van der Waals surface area contributed by atoms with Gasteiger partial charge in [0.25, 0.3) is 0 Å². The van der Waals surface area contributed by atoms with Crippen molar-refractivity contribution in [3.05, 3.63) is 71.6 Å². The van der Waals surface area contributed by atoms with E-state index >= 15 is 4.39 Å². The van der Waals surface area contributed by atoms with E-state index in [1.807, 2.05) is 42.3 Å². The fraction of sp³-hybridized carbons (Fsp3) is 0.355. The standard InChI is InChI=1S/C31H32F2N6O2/c1-19-30(25-5-3-4-8-34-25)37-27-16-22(32)15-24(33)29(27)31(19)36-26-17-28(39-11-13-41-14-12-39)35-18-23(26)21-6-9-38(10-7-21)20(2)40/h3-5,8,15-18,21H,6-7,9-14H2,1-2H3,(H,35,36,37). The summed E-state index contributed by atoms with van der Waals surface area (Å²) in [4.78, 5) is 29.9. The van der Waals surface area contributed by atoms with Crippen LogP contribution in [0.3, 0.4) is 0 Å². The fourth-order valence-electron chi connectivity index (χ4n) is 5.81. The molecular formula is C31H32F2N6O2. The van der Waals surface area contributed by atoms with E-state index in [1.54, 1.807) is 13.1 Å². The van der Waals surface area contributed by atoms with Crippen LogP contribution in [0.5, 0.6) is 0 Å². The predicted octanol–water partition coefficient (Wildman–Crippen LogP) is 5.58. The third-order valence-corrected chi connectivity index (χ3v) is 8.05. The van der Waals surface area contributed by atoms with Gasteiger partial charge in [-0.05, 0) is 43.4 Å². The number of halogens is 2. The van der Waals surface area contributed by atoms with Crippen LogP contribution >= 0.6 is 0 Å². The third-order valence-electron chi connectivity index (χ3n) is 8.05. The Labute approximate surface area is 237 Å². The first kappa shape index (κ1) is 27.0. The highest BCUT2D eigenvalue weighted by Gasteiger charge is 2.27. The molecule has 6 rings (SSSR count). The van der Waals surface area contributed by atoms with Crippen LogP contribution in [0.1, 0.15) is 36.8 Å². The van der Waals surface area contributed by atoms with Crippen molar-refractivity contribution in [1.29, 1.82) is 0 Å². The van der Waals surface area contributed by atoms with Crippen molar-refractivity contribution in [3.63, 3.8) is 0 Å². The Morgan fingerprint density at radius 3 is 2.54 bits per heavy atom. The second-order valence-electron chi connectivity index (χ2n) is 10.6. The monoisotopic (exact) mass is 558 g/mol. The maximum Gasteiger partial charge on any atom is 0.219 e. The Hall–Kier alpha value is -4.18. The Bertz CT molecular complexity index is 1590. The van der Waals surface area contributed by atoms with Crippen molar-refractivity contribution >= 4 is 34.0 Å². The van der Waals surface area contributed by atoms with Crippen LogP contribution in [0, 0.1) is 18.6 Å². The normalized spacial score (nSPS) is 16.3. The molecule has 0 saturated carbocycles. The molecule has 0 atom stereocenters. The molecule has 0 bridgehead atoms. The lowest BCUT2D eigenvalue weighted by Gasteiger charge is -2.33. The number of nitrogens with zero attached hydrogens (tertiary/aromatic N) is 5. The Morgan fingerprint density at radius 1 is 1.05 bits per heavy atom. The minimum Gasteiger partial charge on any atom is -0.378 e. The van der Waals surface area contributed by atoms with Gasteiger partial charge >= 0.3 is 0 Å². The van der Waals surface area contributed by atoms with E-state index in [-0.39, 0.29) is 22.7 Å². The van der Waals surface area contributed by atoms with E-state index in [1.165, 1.54) is 6.07 Å². The van der Waals surface area contributed by atoms with Crippen molar-refractivity contribution in [3.8, 4) is 11.4 Å². The first-order valence-corrected chi connectivity index (χ1v) is 13.9. The van der Waals surface area contributed by atoms with E-state index in [2.05, 4.69) is 20.2 Å². The predicted molar refractivity (Wildman–Crippen MR) is 154 cm³/mol. The van der Waals surface area contributed by atoms with E-state index in [9.17, 15) is 9.18 Å². The summed E-state index contributed by atoms with van der Waals surface area (Å²) in [5.74, 6) is -0.352. The molecule has 1 amide bonds. The number of piperidine rings is 1. The molecular weight excluding hydrogens is 526 g/mol. The van der Waals surface area contributed by atoms with Crippen LogP contribution in [0.15, 0.2) is 48.8 Å². The van der Waals surface area contributed by atoms with Crippen LogP contribution in [0.25, 0.3) is 22.3 Å². The van der Waals surface area contributed by atoms with E-state index in [0.717, 1.165) is 49.1 Å². The zero-order valence-electron chi connectivity index (χ0n) is 23.2. The van der Waals surface area contributed by atoms with Gasteiger partial charge in [0.1, 0.15) is 17.5 Å². The van der Waals surface area contributed by atoms with Crippen LogP contribution < -0.4 is 10.2 Å². The zero-order valence-corrected chi connectivity index (χ0v) is 23.2. The SMILES string of the molecule is CC(=O)N1CCC(c2cnc(N3CCOCC3)cc2Nc2c(C)c(-c3ccccn3)nc3cc(F)cc(F)c23)CC1. The lowest BCUT2D eigenvalue weighted by Crippen LogP contribution is -2.37. The maximum absolute atomic E-state index is 15.5. The quantitative estimate of drug-likeness (QED) is 0.342. The highest BCUT2D eigenvalue weighted by atomic mass is 19.1. The van der Waals surface area contributed by atoms with Crippen LogP contribution in [0.4, 0.5) is 26.0 Å². The second kappa shape index (κ2) is 11.4. The van der Waals surface area contributed by atoms with Crippen LogP contribution in [0.2, 0.25) is 0 Å². The van der Waals surface area contributed by atoms with Gasteiger partial charge in [-0.3, -0.25) is 9.78 Å². The molecule has 4 aromatic rings. The first-order valence-electron chi connectivity index (χ1n) is 13.9. The molecule has 3 aromatic heterocycles. The molecule has 2 aliphatic heterocycles. The highest BCUT2D eigenvalue weighted by Crippen LogP contribution is 2.40. The molecule has 0 radical (unpaired) electrons. The molecule has 212 valence electrons. The van der Waals surface area contributed by atoms with Gasteiger partial charge in [-0.2, -0.15) is 0 Å². The summed E-state index contributed by atoms with van der Waals surface area (Å²) < 4.78 is 35.4.